The average molecular weight is 440 g/mol. The second-order valence-electron chi connectivity index (χ2n) is 7.92. The predicted octanol–water partition coefficient (Wildman–Crippen LogP) is 6.48. The fraction of sp³-hybridized carbons (Fsp3) is 0.444. The van der Waals surface area contributed by atoms with E-state index in [0.717, 1.165) is 64.3 Å². The van der Waals surface area contributed by atoms with Crippen molar-refractivity contribution in [3.05, 3.63) is 64.2 Å². The Bertz CT molecular complexity index is 872. The van der Waals surface area contributed by atoms with Crippen LogP contribution in [0.25, 0.3) is 0 Å². The summed E-state index contributed by atoms with van der Waals surface area (Å²) >= 11 is 0. The number of ether oxygens (including phenoxy) is 3. The van der Waals surface area contributed by atoms with Gasteiger partial charge in [0, 0.05) is 0 Å². The minimum Gasteiger partial charge on any atom is -0.493 e. The number of benzene rings is 2. The Balaban J connectivity index is 1.73. The van der Waals surface area contributed by atoms with E-state index in [1.54, 1.807) is 13.3 Å². The van der Waals surface area contributed by atoms with Crippen LogP contribution in [-0.4, -0.2) is 33.1 Å². The van der Waals surface area contributed by atoms with Crippen molar-refractivity contribution in [3.8, 4) is 17.2 Å². The van der Waals surface area contributed by atoms with E-state index in [-0.39, 0.29) is 0 Å². The zero-order valence-electron chi connectivity index (χ0n) is 20.4. The SMILES string of the molecule is C/C=C/COc1cc(C)c(OCCCCCOc2c(C)cc(/C=N/OC)cc2C)c(C)c1. The Hall–Kier alpha value is -2.95. The number of allylic oxidation sites excluding steroid dienone is 1. The Kier molecular flexibility index (Phi) is 10.6. The number of nitrogens with zero attached hydrogens (tertiary/aromatic N) is 1. The highest BCUT2D eigenvalue weighted by atomic mass is 16.6. The summed E-state index contributed by atoms with van der Waals surface area (Å²) in [6, 6.07) is 8.19. The smallest absolute Gasteiger partial charge is 0.125 e. The molecule has 0 aliphatic carbocycles. The maximum atomic E-state index is 6.06. The number of unbranched alkanes of at least 4 members (excludes halogenated alkanes) is 2. The minimum absolute atomic E-state index is 0.586. The van der Waals surface area contributed by atoms with E-state index in [4.69, 9.17) is 19.0 Å². The maximum Gasteiger partial charge on any atom is 0.125 e. The van der Waals surface area contributed by atoms with Crippen molar-refractivity contribution in [2.24, 2.45) is 5.16 Å². The standard InChI is InChI=1S/C27H37NO4/c1-7-8-12-30-25-17-22(4)27(23(5)18-25)32-14-11-9-10-13-31-26-20(2)15-24(16-21(26)3)19-28-29-6/h7-8,15-19H,9-14H2,1-6H3/b8-7+,28-19+. The Morgan fingerprint density at radius 3 is 1.78 bits per heavy atom. The monoisotopic (exact) mass is 439 g/mol. The van der Waals surface area contributed by atoms with Crippen LogP contribution in [0.3, 0.4) is 0 Å². The van der Waals surface area contributed by atoms with Crippen LogP contribution >= 0.6 is 0 Å². The Morgan fingerprint density at radius 1 is 0.750 bits per heavy atom. The number of hydrogen-bond acceptors (Lipinski definition) is 5. The summed E-state index contributed by atoms with van der Waals surface area (Å²) in [5.74, 6) is 2.80. The topological polar surface area (TPSA) is 49.3 Å². The molecule has 0 radical (unpaired) electrons. The summed E-state index contributed by atoms with van der Waals surface area (Å²) in [7, 11) is 1.54. The van der Waals surface area contributed by atoms with Gasteiger partial charge < -0.3 is 19.0 Å². The third-order valence-corrected chi connectivity index (χ3v) is 5.09. The van der Waals surface area contributed by atoms with Crippen LogP contribution in [0.15, 0.2) is 41.6 Å². The summed E-state index contributed by atoms with van der Waals surface area (Å²) in [5, 5.41) is 3.82. The van der Waals surface area contributed by atoms with Crippen LogP contribution in [0.4, 0.5) is 0 Å². The van der Waals surface area contributed by atoms with Crippen LogP contribution in [0, 0.1) is 27.7 Å². The molecule has 0 unspecified atom stereocenters. The highest BCUT2D eigenvalue weighted by Crippen LogP contribution is 2.29. The van der Waals surface area contributed by atoms with Crippen molar-refractivity contribution in [1.82, 2.24) is 0 Å². The van der Waals surface area contributed by atoms with E-state index in [1.807, 2.05) is 31.2 Å². The average Bonchev–Trinajstić information content (AvgIpc) is 2.74. The quantitative estimate of drug-likeness (QED) is 0.155. The van der Waals surface area contributed by atoms with Gasteiger partial charge in [0.05, 0.1) is 19.4 Å². The second-order valence-corrected chi connectivity index (χ2v) is 7.92. The van der Waals surface area contributed by atoms with Crippen molar-refractivity contribution < 1.29 is 19.0 Å². The van der Waals surface area contributed by atoms with E-state index in [9.17, 15) is 0 Å². The van der Waals surface area contributed by atoms with Crippen molar-refractivity contribution in [1.29, 1.82) is 0 Å². The van der Waals surface area contributed by atoms with Crippen LogP contribution in [-0.2, 0) is 4.84 Å². The van der Waals surface area contributed by atoms with Gasteiger partial charge in [0.25, 0.3) is 0 Å². The predicted molar refractivity (Wildman–Crippen MR) is 132 cm³/mol. The van der Waals surface area contributed by atoms with Crippen molar-refractivity contribution >= 4 is 6.21 Å². The summed E-state index contributed by atoms with van der Waals surface area (Å²) in [6.45, 7) is 12.2. The molecule has 0 N–H and O–H groups in total. The van der Waals surface area contributed by atoms with E-state index < -0.39 is 0 Å². The van der Waals surface area contributed by atoms with Crippen LogP contribution < -0.4 is 14.2 Å². The van der Waals surface area contributed by atoms with E-state index in [0.29, 0.717) is 19.8 Å². The van der Waals surface area contributed by atoms with Crippen molar-refractivity contribution in [2.45, 2.75) is 53.9 Å². The van der Waals surface area contributed by atoms with Crippen LogP contribution in [0.1, 0.15) is 54.0 Å². The molecule has 0 aromatic heterocycles. The largest absolute Gasteiger partial charge is 0.493 e. The first-order valence-electron chi connectivity index (χ1n) is 11.2. The molecular formula is C27H37NO4. The van der Waals surface area contributed by atoms with E-state index in [2.05, 4.69) is 45.0 Å². The molecule has 0 aliphatic rings. The first-order valence-corrected chi connectivity index (χ1v) is 11.2. The van der Waals surface area contributed by atoms with Gasteiger partial charge in [-0.25, -0.2) is 0 Å². The van der Waals surface area contributed by atoms with Gasteiger partial charge in [-0.3, -0.25) is 0 Å². The number of aryl methyl sites for hydroxylation is 4. The van der Waals surface area contributed by atoms with Crippen LogP contribution in [0.2, 0.25) is 0 Å². The first-order chi connectivity index (χ1) is 15.5. The van der Waals surface area contributed by atoms with Gasteiger partial charge in [-0.15, -0.1) is 0 Å². The molecule has 0 spiro atoms. The Morgan fingerprint density at radius 2 is 1.28 bits per heavy atom. The van der Waals surface area contributed by atoms with Gasteiger partial charge in [-0.2, -0.15) is 0 Å². The zero-order valence-corrected chi connectivity index (χ0v) is 20.4. The summed E-state index contributed by atoms with van der Waals surface area (Å²) < 4.78 is 17.9. The molecule has 0 amide bonds. The third-order valence-electron chi connectivity index (χ3n) is 5.09. The van der Waals surface area contributed by atoms with Crippen molar-refractivity contribution in [2.75, 3.05) is 26.9 Å². The molecule has 0 fully saturated rings. The van der Waals surface area contributed by atoms with Gasteiger partial charge in [0.1, 0.15) is 31.0 Å². The molecule has 2 rings (SSSR count). The maximum absolute atomic E-state index is 6.06. The molecule has 5 nitrogen and oxygen atoms in total. The fourth-order valence-electron chi connectivity index (χ4n) is 3.59. The first kappa shape index (κ1) is 25.3. The highest BCUT2D eigenvalue weighted by Gasteiger charge is 2.08. The fourth-order valence-corrected chi connectivity index (χ4v) is 3.59. The van der Waals surface area contributed by atoms with Gasteiger partial charge in [-0.05, 0) is 106 Å². The molecule has 2 aromatic carbocycles. The normalized spacial score (nSPS) is 11.3. The summed E-state index contributed by atoms with van der Waals surface area (Å²) in [6.07, 6.45) is 8.72. The van der Waals surface area contributed by atoms with E-state index in [1.165, 1.54) is 0 Å². The lowest BCUT2D eigenvalue weighted by atomic mass is 10.1. The Labute approximate surface area is 193 Å². The van der Waals surface area contributed by atoms with Gasteiger partial charge in [-0.1, -0.05) is 17.3 Å². The van der Waals surface area contributed by atoms with Crippen LogP contribution in [0.5, 0.6) is 17.2 Å². The molecule has 0 heterocycles. The zero-order chi connectivity index (χ0) is 23.3. The molecule has 0 bridgehead atoms. The number of oxime groups is 1. The number of rotatable bonds is 13. The van der Waals surface area contributed by atoms with Gasteiger partial charge >= 0.3 is 0 Å². The second kappa shape index (κ2) is 13.5. The van der Waals surface area contributed by atoms with Crippen molar-refractivity contribution in [3.63, 3.8) is 0 Å². The molecular weight excluding hydrogens is 402 g/mol. The molecule has 0 saturated carbocycles. The van der Waals surface area contributed by atoms with E-state index >= 15 is 0 Å². The highest BCUT2D eigenvalue weighted by molar-refractivity contribution is 5.80. The van der Waals surface area contributed by atoms with Gasteiger partial charge in [0.2, 0.25) is 0 Å². The third kappa shape index (κ3) is 7.95. The number of hydrogen-bond donors (Lipinski definition) is 0. The molecule has 174 valence electrons. The molecule has 0 saturated heterocycles. The molecule has 0 atom stereocenters. The molecule has 0 aliphatic heterocycles. The lowest BCUT2D eigenvalue weighted by Crippen LogP contribution is -2.04. The van der Waals surface area contributed by atoms with Gasteiger partial charge in [0.15, 0.2) is 0 Å². The molecule has 32 heavy (non-hydrogen) atoms. The lowest BCUT2D eigenvalue weighted by molar-refractivity contribution is 0.215. The lowest BCUT2D eigenvalue weighted by Gasteiger charge is -2.15. The summed E-state index contributed by atoms with van der Waals surface area (Å²) in [5.41, 5.74) is 5.43. The molecule has 2 aromatic rings. The summed E-state index contributed by atoms with van der Waals surface area (Å²) in [4.78, 5) is 4.75. The minimum atomic E-state index is 0.586. The molecule has 5 heteroatoms.